The Morgan fingerprint density at radius 2 is 1.96 bits per heavy atom. The molecule has 0 saturated heterocycles. The molecular formula is C19H17ClN2O3. The van der Waals surface area contributed by atoms with Gasteiger partial charge in [-0.1, -0.05) is 36.7 Å². The van der Waals surface area contributed by atoms with Gasteiger partial charge in [-0.3, -0.25) is 5.32 Å². The second-order valence-corrected chi connectivity index (χ2v) is 6.19. The van der Waals surface area contributed by atoms with E-state index in [0.717, 1.165) is 22.8 Å². The maximum absolute atomic E-state index is 12.2. The van der Waals surface area contributed by atoms with Crippen molar-refractivity contribution in [2.45, 2.75) is 18.9 Å². The molecule has 5 nitrogen and oxygen atoms in total. The fourth-order valence-electron chi connectivity index (χ4n) is 3.20. The van der Waals surface area contributed by atoms with E-state index >= 15 is 0 Å². The number of halogens is 1. The highest BCUT2D eigenvalue weighted by Gasteiger charge is 2.33. The van der Waals surface area contributed by atoms with Crippen molar-refractivity contribution in [3.05, 3.63) is 65.3 Å². The van der Waals surface area contributed by atoms with Gasteiger partial charge in [0.1, 0.15) is 11.8 Å². The molecule has 1 heterocycles. The summed E-state index contributed by atoms with van der Waals surface area (Å²) in [7, 11) is 0. The second-order valence-electron chi connectivity index (χ2n) is 5.76. The molecule has 1 atom stereocenters. The minimum Gasteiger partial charge on any atom is -0.465 e. The Balaban J connectivity index is 2.22. The Labute approximate surface area is 149 Å². The van der Waals surface area contributed by atoms with Crippen LogP contribution < -0.4 is 5.32 Å². The zero-order valence-corrected chi connectivity index (χ0v) is 14.3. The van der Waals surface area contributed by atoms with E-state index in [9.17, 15) is 9.59 Å². The Morgan fingerprint density at radius 1 is 1.24 bits per heavy atom. The van der Waals surface area contributed by atoms with Crippen molar-refractivity contribution in [3.8, 4) is 0 Å². The highest BCUT2D eigenvalue weighted by Crippen LogP contribution is 2.35. The number of hydrogen-bond donors (Lipinski definition) is 2. The van der Waals surface area contributed by atoms with E-state index in [0.29, 0.717) is 17.1 Å². The molecule has 1 unspecified atom stereocenters. The van der Waals surface area contributed by atoms with Crippen LogP contribution in [0.15, 0.2) is 54.7 Å². The molecule has 2 N–H and O–H groups in total. The number of benzene rings is 2. The molecule has 1 amide bonds. The van der Waals surface area contributed by atoms with Gasteiger partial charge in [-0.2, -0.15) is 0 Å². The lowest BCUT2D eigenvalue weighted by Crippen LogP contribution is -2.35. The van der Waals surface area contributed by atoms with Crippen molar-refractivity contribution in [1.82, 2.24) is 4.57 Å². The van der Waals surface area contributed by atoms with E-state index in [-0.39, 0.29) is 0 Å². The van der Waals surface area contributed by atoms with Gasteiger partial charge in [0.25, 0.3) is 0 Å². The molecule has 25 heavy (non-hydrogen) atoms. The van der Waals surface area contributed by atoms with Crippen LogP contribution in [-0.4, -0.2) is 22.1 Å². The van der Waals surface area contributed by atoms with E-state index in [1.54, 1.807) is 24.3 Å². The summed E-state index contributed by atoms with van der Waals surface area (Å²) >= 11 is 5.98. The Bertz CT molecular complexity index is 933. The summed E-state index contributed by atoms with van der Waals surface area (Å²) in [6, 6.07) is 14.3. The third-order valence-electron chi connectivity index (χ3n) is 4.48. The summed E-state index contributed by atoms with van der Waals surface area (Å²) in [6.07, 6.45) is 2.14. The third kappa shape index (κ3) is 2.87. The molecule has 6 heteroatoms. The minimum atomic E-state index is -1.13. The molecule has 3 aromatic rings. The van der Waals surface area contributed by atoms with E-state index in [2.05, 4.69) is 5.32 Å². The van der Waals surface area contributed by atoms with Crippen LogP contribution in [0, 0.1) is 0 Å². The number of anilines is 1. The molecule has 0 saturated carbocycles. The van der Waals surface area contributed by atoms with Crippen LogP contribution in [0.2, 0.25) is 5.02 Å². The van der Waals surface area contributed by atoms with Gasteiger partial charge in [0.15, 0.2) is 0 Å². The molecule has 0 aliphatic heterocycles. The van der Waals surface area contributed by atoms with Gasteiger partial charge >= 0.3 is 6.09 Å². The maximum Gasteiger partial charge on any atom is 0.409 e. The van der Waals surface area contributed by atoms with E-state index < -0.39 is 11.6 Å². The zero-order chi connectivity index (χ0) is 18.0. The average Bonchev–Trinajstić information content (AvgIpc) is 3.03. The number of carbonyl (C=O) groups is 2. The third-order valence-corrected chi connectivity index (χ3v) is 4.73. The topological polar surface area (TPSA) is 71.3 Å². The van der Waals surface area contributed by atoms with Crippen molar-refractivity contribution < 1.29 is 14.7 Å². The zero-order valence-electron chi connectivity index (χ0n) is 13.6. The monoisotopic (exact) mass is 356 g/mol. The van der Waals surface area contributed by atoms with Crippen molar-refractivity contribution in [2.75, 3.05) is 5.32 Å². The Kier molecular flexibility index (Phi) is 4.51. The summed E-state index contributed by atoms with van der Waals surface area (Å²) in [5, 5.41) is 12.7. The molecule has 0 aliphatic rings. The normalized spacial score (nSPS) is 13.4. The molecule has 0 radical (unpaired) electrons. The Hall–Kier alpha value is -2.79. The highest BCUT2D eigenvalue weighted by atomic mass is 35.5. The first-order valence-electron chi connectivity index (χ1n) is 7.84. The summed E-state index contributed by atoms with van der Waals surface area (Å²) in [4.78, 5) is 23.2. The van der Waals surface area contributed by atoms with Gasteiger partial charge in [0, 0.05) is 16.6 Å². The summed E-state index contributed by atoms with van der Waals surface area (Å²) in [6.45, 7) is 1.94. The number of nitrogens with one attached hydrogen (secondary N) is 1. The molecule has 0 bridgehead atoms. The highest BCUT2D eigenvalue weighted by molar-refractivity contribution is 6.30. The molecule has 1 aromatic heterocycles. The predicted octanol–water partition coefficient (Wildman–Crippen LogP) is 4.74. The minimum absolute atomic E-state index is 0.482. The molecule has 2 aromatic carbocycles. The summed E-state index contributed by atoms with van der Waals surface area (Å²) < 4.78 is 1.88. The van der Waals surface area contributed by atoms with Gasteiger partial charge in [-0.25, -0.2) is 4.79 Å². The smallest absolute Gasteiger partial charge is 0.409 e. The number of hydrogen-bond acceptors (Lipinski definition) is 2. The van der Waals surface area contributed by atoms with E-state index in [1.807, 2.05) is 42.0 Å². The number of aromatic nitrogens is 1. The van der Waals surface area contributed by atoms with Crippen LogP contribution in [0.3, 0.4) is 0 Å². The quantitative estimate of drug-likeness (QED) is 0.649. The Morgan fingerprint density at radius 3 is 2.56 bits per heavy atom. The number of rotatable bonds is 5. The van der Waals surface area contributed by atoms with E-state index in [1.165, 1.54) is 0 Å². The van der Waals surface area contributed by atoms with Gasteiger partial charge in [-0.05, 0) is 42.3 Å². The number of carboxylic acid groups (broad SMARTS) is 1. The van der Waals surface area contributed by atoms with Gasteiger partial charge in [0.2, 0.25) is 0 Å². The number of nitrogens with zero attached hydrogens (tertiary/aromatic N) is 1. The van der Waals surface area contributed by atoms with Crippen molar-refractivity contribution >= 4 is 40.6 Å². The maximum atomic E-state index is 12.2. The fourth-order valence-corrected chi connectivity index (χ4v) is 3.33. The lowest BCUT2D eigenvalue weighted by molar-refractivity contribution is -0.113. The molecule has 3 rings (SSSR count). The fraction of sp³-hybridized carbons (Fsp3) is 0.158. The van der Waals surface area contributed by atoms with Crippen molar-refractivity contribution in [2.24, 2.45) is 0 Å². The van der Waals surface area contributed by atoms with Crippen LogP contribution >= 0.6 is 11.6 Å². The SMILES string of the molecule is CCC(C=O)(c1ccc(Cl)cc1)n1ccc2c(NC(=O)O)cccc21. The summed E-state index contributed by atoms with van der Waals surface area (Å²) in [5.74, 6) is 0. The van der Waals surface area contributed by atoms with Crippen molar-refractivity contribution in [3.63, 3.8) is 0 Å². The van der Waals surface area contributed by atoms with Crippen molar-refractivity contribution in [1.29, 1.82) is 0 Å². The lowest BCUT2D eigenvalue weighted by atomic mass is 9.88. The number of amides is 1. The van der Waals surface area contributed by atoms with E-state index in [4.69, 9.17) is 16.7 Å². The summed E-state index contributed by atoms with van der Waals surface area (Å²) in [5.41, 5.74) is 1.18. The molecule has 0 aliphatic carbocycles. The second kappa shape index (κ2) is 6.61. The predicted molar refractivity (Wildman–Crippen MR) is 98.5 cm³/mol. The molecule has 0 spiro atoms. The van der Waals surface area contributed by atoms with Gasteiger partial charge in [0.05, 0.1) is 11.2 Å². The van der Waals surface area contributed by atoms with Gasteiger partial charge < -0.3 is 14.5 Å². The average molecular weight is 357 g/mol. The van der Waals surface area contributed by atoms with Crippen LogP contribution in [0.25, 0.3) is 10.9 Å². The first kappa shape index (κ1) is 17.0. The standard InChI is InChI=1S/C19H17ClN2O3/c1-2-19(12-23,13-6-8-14(20)9-7-13)22-11-10-15-16(21-18(24)25)4-3-5-17(15)22/h3-12,21H,2H2,1H3,(H,24,25). The number of carbonyl (C=O) groups excluding carboxylic acids is 1. The van der Waals surface area contributed by atoms with Crippen LogP contribution in [0.4, 0.5) is 10.5 Å². The number of fused-ring (bicyclic) bond motifs is 1. The van der Waals surface area contributed by atoms with Crippen LogP contribution in [0.1, 0.15) is 18.9 Å². The number of aldehydes is 1. The van der Waals surface area contributed by atoms with Crippen LogP contribution in [-0.2, 0) is 10.3 Å². The lowest BCUT2D eigenvalue weighted by Gasteiger charge is -2.30. The molecule has 0 fully saturated rings. The van der Waals surface area contributed by atoms with Gasteiger partial charge in [-0.15, -0.1) is 0 Å². The molecule has 128 valence electrons. The first-order chi connectivity index (χ1) is 12.0. The van der Waals surface area contributed by atoms with Crippen LogP contribution in [0.5, 0.6) is 0 Å². The first-order valence-corrected chi connectivity index (χ1v) is 8.22. The largest absolute Gasteiger partial charge is 0.465 e. The molecular weight excluding hydrogens is 340 g/mol.